The van der Waals surface area contributed by atoms with Crippen LogP contribution in [0.15, 0.2) is 17.1 Å². The minimum atomic E-state index is -0.202. The topological polar surface area (TPSA) is 104 Å². The number of hydrogen-bond acceptors (Lipinski definition) is 5. The molecule has 1 atom stereocenters. The molecule has 0 bridgehead atoms. The first-order chi connectivity index (χ1) is 15.6. The smallest absolute Gasteiger partial charge is 0.272 e. The summed E-state index contributed by atoms with van der Waals surface area (Å²) in [6.07, 6.45) is 8.09. The van der Waals surface area contributed by atoms with E-state index in [0.29, 0.717) is 36.6 Å². The molecule has 2 amide bonds. The van der Waals surface area contributed by atoms with Gasteiger partial charge in [-0.05, 0) is 38.7 Å². The Labute approximate surface area is 186 Å². The van der Waals surface area contributed by atoms with Crippen LogP contribution in [0, 0.1) is 5.92 Å². The normalized spacial score (nSPS) is 21.2. The fraction of sp³-hybridized carbons (Fsp3) is 0.609. The number of nitrogens with one attached hydrogen (secondary N) is 1. The Bertz CT molecular complexity index is 1080. The molecule has 0 radical (unpaired) electrons. The van der Waals surface area contributed by atoms with E-state index in [4.69, 9.17) is 4.98 Å². The van der Waals surface area contributed by atoms with Crippen LogP contribution < -0.4 is 5.56 Å². The lowest BCUT2D eigenvalue weighted by Crippen LogP contribution is -2.41. The number of nitrogens with zero attached hydrogens (tertiary/aromatic N) is 5. The number of hydrogen-bond donors (Lipinski definition) is 1. The summed E-state index contributed by atoms with van der Waals surface area (Å²) < 4.78 is 1.67. The third-order valence-corrected chi connectivity index (χ3v) is 7.17. The van der Waals surface area contributed by atoms with Gasteiger partial charge in [0.1, 0.15) is 11.5 Å². The van der Waals surface area contributed by atoms with Gasteiger partial charge in [-0.25, -0.2) is 4.98 Å². The highest BCUT2D eigenvalue weighted by atomic mass is 16.2. The molecule has 1 saturated carbocycles. The number of likely N-dealkylation sites (tertiary alicyclic amines) is 1. The number of aromatic nitrogens is 4. The quantitative estimate of drug-likeness (QED) is 0.787. The number of aryl methyl sites for hydroxylation is 1. The molecule has 2 aromatic heterocycles. The van der Waals surface area contributed by atoms with Crippen molar-refractivity contribution in [3.63, 3.8) is 0 Å². The van der Waals surface area contributed by atoms with Gasteiger partial charge in [-0.2, -0.15) is 5.10 Å². The number of amides is 2. The van der Waals surface area contributed by atoms with Crippen LogP contribution in [0.2, 0.25) is 0 Å². The fourth-order valence-electron chi connectivity index (χ4n) is 5.43. The lowest BCUT2D eigenvalue weighted by Gasteiger charge is -2.30. The van der Waals surface area contributed by atoms with E-state index in [-0.39, 0.29) is 35.9 Å². The molecule has 0 aromatic carbocycles. The second-order valence-electron chi connectivity index (χ2n) is 9.06. The molecule has 1 aliphatic carbocycles. The van der Waals surface area contributed by atoms with Gasteiger partial charge >= 0.3 is 0 Å². The average Bonchev–Trinajstić information content (AvgIpc) is 3.59. The Morgan fingerprint density at radius 1 is 1.16 bits per heavy atom. The Hall–Kier alpha value is -2.97. The van der Waals surface area contributed by atoms with Crippen LogP contribution in [0.25, 0.3) is 0 Å². The first kappa shape index (κ1) is 20.9. The molecule has 2 aromatic rings. The molecule has 9 heteroatoms. The predicted molar refractivity (Wildman–Crippen MR) is 117 cm³/mol. The van der Waals surface area contributed by atoms with E-state index in [1.54, 1.807) is 21.8 Å². The summed E-state index contributed by atoms with van der Waals surface area (Å²) in [5, 5.41) is 4.17. The van der Waals surface area contributed by atoms with Crippen LogP contribution >= 0.6 is 0 Å². The van der Waals surface area contributed by atoms with Crippen molar-refractivity contribution in [3.8, 4) is 0 Å². The van der Waals surface area contributed by atoms with Crippen molar-refractivity contribution in [3.05, 3.63) is 45.4 Å². The highest BCUT2D eigenvalue weighted by molar-refractivity contribution is 5.92. The van der Waals surface area contributed by atoms with E-state index in [2.05, 4.69) is 10.1 Å². The standard InChI is InChI=1S/C23H30N6O3/c1-2-29-19(9-11-24-29)23(32)27-13-10-17-16(14-27)21(30)26-20(25-17)18-8-5-12-28(18)22(31)15-6-3-4-7-15/h9,11,15,18H,2-8,10,12-14H2,1H3,(H,25,26,30). The average molecular weight is 439 g/mol. The molecule has 1 N–H and O–H groups in total. The van der Waals surface area contributed by atoms with Crippen molar-refractivity contribution in [2.75, 3.05) is 13.1 Å². The van der Waals surface area contributed by atoms with Gasteiger partial charge in [0, 0.05) is 38.2 Å². The van der Waals surface area contributed by atoms with Gasteiger partial charge in [-0.3, -0.25) is 19.1 Å². The molecule has 5 rings (SSSR count). The monoisotopic (exact) mass is 438 g/mol. The highest BCUT2D eigenvalue weighted by Gasteiger charge is 2.37. The molecular weight excluding hydrogens is 408 g/mol. The van der Waals surface area contributed by atoms with Crippen molar-refractivity contribution in [1.82, 2.24) is 29.5 Å². The van der Waals surface area contributed by atoms with Gasteiger partial charge in [0.2, 0.25) is 5.91 Å². The maximum Gasteiger partial charge on any atom is 0.272 e. The van der Waals surface area contributed by atoms with Gasteiger partial charge < -0.3 is 14.8 Å². The number of carbonyl (C=O) groups excluding carboxylic acids is 2. The summed E-state index contributed by atoms with van der Waals surface area (Å²) in [6, 6.07) is 1.56. The Balaban J connectivity index is 1.37. The molecule has 2 fully saturated rings. The maximum atomic E-state index is 13.0. The van der Waals surface area contributed by atoms with Crippen molar-refractivity contribution in [2.45, 2.75) is 71.0 Å². The molecule has 3 aliphatic rings. The largest absolute Gasteiger partial charge is 0.332 e. The highest BCUT2D eigenvalue weighted by Crippen LogP contribution is 2.35. The number of carbonyl (C=O) groups is 2. The van der Waals surface area contributed by atoms with Crippen LogP contribution in [0.4, 0.5) is 0 Å². The van der Waals surface area contributed by atoms with E-state index < -0.39 is 0 Å². The third kappa shape index (κ3) is 3.63. The van der Waals surface area contributed by atoms with Crippen LogP contribution in [0.5, 0.6) is 0 Å². The number of rotatable bonds is 4. The Morgan fingerprint density at radius 3 is 2.75 bits per heavy atom. The van der Waals surface area contributed by atoms with Gasteiger partial charge in [0.05, 0.1) is 23.8 Å². The molecule has 9 nitrogen and oxygen atoms in total. The summed E-state index contributed by atoms with van der Waals surface area (Å²) >= 11 is 0. The molecule has 1 unspecified atom stereocenters. The second-order valence-corrected chi connectivity index (χ2v) is 9.06. The van der Waals surface area contributed by atoms with Crippen molar-refractivity contribution >= 4 is 11.8 Å². The van der Waals surface area contributed by atoms with E-state index in [1.807, 2.05) is 11.8 Å². The summed E-state index contributed by atoms with van der Waals surface area (Å²) in [7, 11) is 0. The van der Waals surface area contributed by atoms with Gasteiger partial charge in [-0.1, -0.05) is 12.8 Å². The van der Waals surface area contributed by atoms with E-state index in [0.717, 1.165) is 50.8 Å². The van der Waals surface area contributed by atoms with E-state index >= 15 is 0 Å². The lowest BCUT2D eigenvalue weighted by molar-refractivity contribution is -0.136. The SMILES string of the molecule is CCn1nccc1C(=O)N1CCc2nc(C3CCCN3C(=O)C3CCCC3)[nH]c(=O)c2C1. The Kier molecular flexibility index (Phi) is 5.57. The molecule has 4 heterocycles. The number of H-pyrrole nitrogens is 1. The van der Waals surface area contributed by atoms with Crippen molar-refractivity contribution in [1.29, 1.82) is 0 Å². The van der Waals surface area contributed by atoms with Crippen molar-refractivity contribution in [2.24, 2.45) is 5.92 Å². The minimum Gasteiger partial charge on any atom is -0.332 e. The summed E-state index contributed by atoms with van der Waals surface area (Å²) in [5.41, 5.74) is 1.62. The zero-order valence-corrected chi connectivity index (χ0v) is 18.5. The first-order valence-corrected chi connectivity index (χ1v) is 11.8. The summed E-state index contributed by atoms with van der Waals surface area (Å²) in [5.74, 6) is 0.815. The van der Waals surface area contributed by atoms with Crippen LogP contribution in [0.1, 0.15) is 79.1 Å². The number of fused-ring (bicyclic) bond motifs is 1. The fourth-order valence-corrected chi connectivity index (χ4v) is 5.43. The molecule has 1 saturated heterocycles. The maximum absolute atomic E-state index is 13.0. The van der Waals surface area contributed by atoms with Crippen LogP contribution in [-0.4, -0.2) is 54.5 Å². The molecule has 170 valence electrons. The van der Waals surface area contributed by atoms with Gasteiger partial charge in [0.15, 0.2) is 0 Å². The first-order valence-electron chi connectivity index (χ1n) is 11.8. The van der Waals surface area contributed by atoms with Gasteiger partial charge in [0.25, 0.3) is 11.5 Å². The third-order valence-electron chi connectivity index (χ3n) is 7.17. The summed E-state index contributed by atoms with van der Waals surface area (Å²) in [4.78, 5) is 50.4. The van der Waals surface area contributed by atoms with E-state index in [1.165, 1.54) is 0 Å². The summed E-state index contributed by atoms with van der Waals surface area (Å²) in [6.45, 7) is 4.03. The predicted octanol–water partition coefficient (Wildman–Crippen LogP) is 2.04. The minimum absolute atomic E-state index is 0.121. The zero-order chi connectivity index (χ0) is 22.2. The number of aromatic amines is 1. The van der Waals surface area contributed by atoms with Gasteiger partial charge in [-0.15, -0.1) is 0 Å². The van der Waals surface area contributed by atoms with Crippen LogP contribution in [0.3, 0.4) is 0 Å². The van der Waals surface area contributed by atoms with Crippen molar-refractivity contribution < 1.29 is 9.59 Å². The molecular formula is C23H30N6O3. The lowest BCUT2D eigenvalue weighted by atomic mass is 10.0. The molecule has 32 heavy (non-hydrogen) atoms. The molecule has 0 spiro atoms. The zero-order valence-electron chi connectivity index (χ0n) is 18.5. The van der Waals surface area contributed by atoms with Crippen LogP contribution in [-0.2, 0) is 24.3 Å². The van der Waals surface area contributed by atoms with E-state index in [9.17, 15) is 14.4 Å². The second kappa shape index (κ2) is 8.52. The Morgan fingerprint density at radius 2 is 1.97 bits per heavy atom. The molecule has 2 aliphatic heterocycles.